The molecule has 0 radical (unpaired) electrons. The zero-order chi connectivity index (χ0) is 13.8. The first-order valence-electron chi connectivity index (χ1n) is 6.21. The Morgan fingerprint density at radius 2 is 2.21 bits per heavy atom. The second-order valence-corrected chi connectivity index (χ2v) is 6.46. The number of aldehydes is 1. The van der Waals surface area contributed by atoms with E-state index in [2.05, 4.69) is 22.3 Å². The molecular formula is C13H17N3OS2. The zero-order valence-corrected chi connectivity index (χ0v) is 13.0. The van der Waals surface area contributed by atoms with Crippen LogP contribution in [0.25, 0.3) is 0 Å². The summed E-state index contributed by atoms with van der Waals surface area (Å²) in [4.78, 5) is 22.8. The van der Waals surface area contributed by atoms with Gasteiger partial charge in [-0.2, -0.15) is 0 Å². The van der Waals surface area contributed by atoms with E-state index in [1.165, 1.54) is 11.3 Å². The molecule has 0 bridgehead atoms. The number of nitrogens with zero attached hydrogens (tertiary/aromatic N) is 3. The lowest BCUT2D eigenvalue weighted by atomic mass is 10.2. The van der Waals surface area contributed by atoms with Crippen LogP contribution >= 0.6 is 22.7 Å². The third-order valence-corrected chi connectivity index (χ3v) is 4.66. The molecule has 0 fully saturated rings. The highest BCUT2D eigenvalue weighted by Gasteiger charge is 2.14. The molecule has 0 aliphatic rings. The van der Waals surface area contributed by atoms with Gasteiger partial charge in [0.1, 0.15) is 0 Å². The summed E-state index contributed by atoms with van der Waals surface area (Å²) in [5.41, 5.74) is 1.96. The average Bonchev–Trinajstić information content (AvgIpc) is 2.96. The molecule has 19 heavy (non-hydrogen) atoms. The van der Waals surface area contributed by atoms with Gasteiger partial charge in [0.25, 0.3) is 0 Å². The number of anilines is 1. The van der Waals surface area contributed by atoms with E-state index >= 15 is 0 Å². The predicted molar refractivity (Wildman–Crippen MR) is 80.5 cm³/mol. The Bertz CT molecular complexity index is 562. The van der Waals surface area contributed by atoms with Crippen LogP contribution in [0.4, 0.5) is 5.13 Å². The molecule has 0 unspecified atom stereocenters. The molecule has 0 aliphatic carbocycles. The van der Waals surface area contributed by atoms with Gasteiger partial charge in [0.05, 0.1) is 27.8 Å². The summed E-state index contributed by atoms with van der Waals surface area (Å²) in [5, 5.41) is 4.02. The molecule has 102 valence electrons. The molecule has 0 N–H and O–H groups in total. The highest BCUT2D eigenvalue weighted by Crippen LogP contribution is 2.26. The fraction of sp³-hybridized carbons (Fsp3) is 0.462. The summed E-state index contributed by atoms with van der Waals surface area (Å²) in [6.07, 6.45) is 2.76. The largest absolute Gasteiger partial charge is 0.345 e. The first-order valence-corrected chi connectivity index (χ1v) is 7.90. The molecular weight excluding hydrogens is 278 g/mol. The van der Waals surface area contributed by atoms with Gasteiger partial charge >= 0.3 is 0 Å². The Hall–Kier alpha value is -1.27. The minimum atomic E-state index is 0.724. The van der Waals surface area contributed by atoms with Crippen LogP contribution in [0.5, 0.6) is 0 Å². The monoisotopic (exact) mass is 295 g/mol. The minimum absolute atomic E-state index is 0.724. The third kappa shape index (κ3) is 3.39. The van der Waals surface area contributed by atoms with E-state index in [0.29, 0.717) is 0 Å². The normalized spacial score (nSPS) is 10.7. The van der Waals surface area contributed by atoms with Crippen molar-refractivity contribution in [3.8, 4) is 0 Å². The van der Waals surface area contributed by atoms with Crippen molar-refractivity contribution in [2.75, 3.05) is 11.9 Å². The van der Waals surface area contributed by atoms with Gasteiger partial charge in [0.15, 0.2) is 11.4 Å². The van der Waals surface area contributed by atoms with E-state index in [9.17, 15) is 4.79 Å². The van der Waals surface area contributed by atoms with Crippen molar-refractivity contribution in [2.45, 2.75) is 33.2 Å². The van der Waals surface area contributed by atoms with Gasteiger partial charge in [0, 0.05) is 12.4 Å². The quantitative estimate of drug-likeness (QED) is 0.767. The van der Waals surface area contributed by atoms with Crippen LogP contribution in [0.15, 0.2) is 5.38 Å². The Morgan fingerprint density at radius 3 is 2.79 bits per heavy atom. The summed E-state index contributed by atoms with van der Waals surface area (Å²) >= 11 is 3.11. The van der Waals surface area contributed by atoms with Gasteiger partial charge in [-0.1, -0.05) is 24.7 Å². The molecule has 0 atom stereocenters. The highest BCUT2D eigenvalue weighted by atomic mass is 32.1. The predicted octanol–water partition coefficient (Wildman–Crippen LogP) is 3.31. The summed E-state index contributed by atoms with van der Waals surface area (Å²) in [7, 11) is 1.98. The van der Waals surface area contributed by atoms with Crippen LogP contribution in [-0.4, -0.2) is 23.3 Å². The van der Waals surface area contributed by atoms with Gasteiger partial charge in [0.2, 0.25) is 0 Å². The lowest BCUT2D eigenvalue weighted by molar-refractivity contribution is 0.112. The van der Waals surface area contributed by atoms with Gasteiger partial charge in [-0.3, -0.25) is 4.79 Å². The van der Waals surface area contributed by atoms with E-state index in [0.717, 1.165) is 52.1 Å². The second kappa shape index (κ2) is 6.25. The Kier molecular flexibility index (Phi) is 4.66. The van der Waals surface area contributed by atoms with Crippen molar-refractivity contribution in [1.82, 2.24) is 9.97 Å². The van der Waals surface area contributed by atoms with Crippen molar-refractivity contribution in [1.29, 1.82) is 0 Å². The maximum atomic E-state index is 11.0. The first kappa shape index (κ1) is 14.1. The second-order valence-electron chi connectivity index (χ2n) is 4.39. The molecule has 6 heteroatoms. The van der Waals surface area contributed by atoms with Crippen LogP contribution in [0, 0.1) is 6.92 Å². The van der Waals surface area contributed by atoms with E-state index in [-0.39, 0.29) is 0 Å². The summed E-state index contributed by atoms with van der Waals surface area (Å²) in [6.45, 7) is 4.82. The molecule has 0 amide bonds. The maximum Gasteiger partial charge on any atom is 0.186 e. The molecule has 0 spiro atoms. The molecule has 4 nitrogen and oxygen atoms in total. The van der Waals surface area contributed by atoms with Crippen LogP contribution in [0.1, 0.15) is 39.4 Å². The Balaban J connectivity index is 2.14. The van der Waals surface area contributed by atoms with Crippen LogP contribution in [-0.2, 0) is 13.0 Å². The van der Waals surface area contributed by atoms with Gasteiger partial charge < -0.3 is 4.90 Å². The van der Waals surface area contributed by atoms with E-state index in [1.807, 2.05) is 18.9 Å². The average molecular weight is 295 g/mol. The standard InChI is InChI=1S/C13H17N3OS2/c1-4-5-11-12(7-17)19-13(15-11)16(3)6-10-8-18-9(2)14-10/h7-8H,4-6H2,1-3H3. The van der Waals surface area contributed by atoms with Crippen molar-refractivity contribution in [2.24, 2.45) is 0 Å². The zero-order valence-electron chi connectivity index (χ0n) is 11.3. The molecule has 2 rings (SSSR count). The number of rotatable bonds is 6. The minimum Gasteiger partial charge on any atom is -0.345 e. The lowest BCUT2D eigenvalue weighted by Gasteiger charge is -2.13. The molecule has 0 aliphatic heterocycles. The molecule has 0 saturated heterocycles. The number of hydrogen-bond donors (Lipinski definition) is 0. The van der Waals surface area contributed by atoms with Gasteiger partial charge in [-0.15, -0.1) is 11.3 Å². The number of aryl methyl sites for hydroxylation is 2. The van der Waals surface area contributed by atoms with Crippen LogP contribution in [0.2, 0.25) is 0 Å². The summed E-state index contributed by atoms with van der Waals surface area (Å²) in [6, 6.07) is 0. The number of aromatic nitrogens is 2. The summed E-state index contributed by atoms with van der Waals surface area (Å²) < 4.78 is 0. The van der Waals surface area contributed by atoms with Crippen LogP contribution in [0.3, 0.4) is 0 Å². The van der Waals surface area contributed by atoms with Crippen molar-refractivity contribution in [3.05, 3.63) is 26.7 Å². The van der Waals surface area contributed by atoms with E-state index in [4.69, 9.17) is 0 Å². The molecule has 0 saturated carbocycles. The number of carbonyl (C=O) groups excluding carboxylic acids is 1. The van der Waals surface area contributed by atoms with E-state index < -0.39 is 0 Å². The fourth-order valence-electron chi connectivity index (χ4n) is 1.81. The third-order valence-electron chi connectivity index (χ3n) is 2.70. The molecule has 2 aromatic rings. The number of thiazole rings is 2. The number of hydrogen-bond acceptors (Lipinski definition) is 6. The fourth-order valence-corrected chi connectivity index (χ4v) is 3.30. The van der Waals surface area contributed by atoms with Gasteiger partial charge in [-0.25, -0.2) is 9.97 Å². The Labute approximate surface area is 121 Å². The van der Waals surface area contributed by atoms with E-state index in [1.54, 1.807) is 11.3 Å². The smallest absolute Gasteiger partial charge is 0.186 e. The lowest BCUT2D eigenvalue weighted by Crippen LogP contribution is -2.16. The molecule has 0 aromatic carbocycles. The van der Waals surface area contributed by atoms with Crippen molar-refractivity contribution >= 4 is 34.1 Å². The summed E-state index contributed by atoms with van der Waals surface area (Å²) in [5.74, 6) is 0. The maximum absolute atomic E-state index is 11.0. The first-order chi connectivity index (χ1) is 9.13. The molecule has 2 heterocycles. The van der Waals surface area contributed by atoms with Crippen molar-refractivity contribution in [3.63, 3.8) is 0 Å². The number of carbonyl (C=O) groups is 1. The van der Waals surface area contributed by atoms with Gasteiger partial charge in [-0.05, 0) is 13.3 Å². The van der Waals surface area contributed by atoms with Crippen LogP contribution < -0.4 is 4.90 Å². The Morgan fingerprint density at radius 1 is 1.42 bits per heavy atom. The topological polar surface area (TPSA) is 46.1 Å². The highest BCUT2D eigenvalue weighted by molar-refractivity contribution is 7.17. The molecule has 2 aromatic heterocycles. The SMILES string of the molecule is CCCc1nc(N(C)Cc2csc(C)n2)sc1C=O. The van der Waals surface area contributed by atoms with Crippen molar-refractivity contribution < 1.29 is 4.79 Å².